The molecule has 0 bridgehead atoms. The summed E-state index contributed by atoms with van der Waals surface area (Å²) in [6.45, 7) is 7.00. The maximum Gasteiger partial charge on any atom is 0.269 e. The van der Waals surface area contributed by atoms with E-state index in [1.165, 1.54) is 17.7 Å². The minimum atomic E-state index is -0.783. The van der Waals surface area contributed by atoms with E-state index in [0.29, 0.717) is 18.7 Å². The number of benzene rings is 2. The zero-order chi connectivity index (χ0) is 18.9. The van der Waals surface area contributed by atoms with Gasteiger partial charge in [0.1, 0.15) is 0 Å². The number of nitro groups is 1. The highest BCUT2D eigenvalue weighted by Gasteiger charge is 2.19. The molecule has 0 radical (unpaired) electrons. The van der Waals surface area contributed by atoms with Crippen LogP contribution in [-0.2, 0) is 6.42 Å². The van der Waals surface area contributed by atoms with E-state index in [2.05, 4.69) is 30.5 Å². The van der Waals surface area contributed by atoms with Gasteiger partial charge in [-0.1, -0.05) is 48.5 Å². The maximum atomic E-state index is 10.9. The second-order valence-electron chi connectivity index (χ2n) is 6.48. The van der Waals surface area contributed by atoms with Crippen molar-refractivity contribution in [2.75, 3.05) is 13.1 Å². The molecule has 0 aliphatic carbocycles. The van der Waals surface area contributed by atoms with E-state index in [0.717, 1.165) is 12.8 Å². The van der Waals surface area contributed by atoms with Gasteiger partial charge in [-0.3, -0.25) is 15.0 Å². The monoisotopic (exact) mass is 354 g/mol. The Balaban J connectivity index is 2.00. The molecule has 0 aliphatic heterocycles. The molecule has 0 amide bonds. The van der Waals surface area contributed by atoms with Gasteiger partial charge < -0.3 is 5.11 Å². The van der Waals surface area contributed by atoms with Crippen LogP contribution in [0.1, 0.15) is 30.6 Å². The summed E-state index contributed by atoms with van der Waals surface area (Å²) in [5.74, 6) is 0. The first-order valence-corrected chi connectivity index (χ1v) is 8.82. The Labute approximate surface area is 154 Å². The van der Waals surface area contributed by atoms with E-state index < -0.39 is 11.0 Å². The summed E-state index contributed by atoms with van der Waals surface area (Å²) in [5.41, 5.74) is 1.84. The summed E-state index contributed by atoms with van der Waals surface area (Å²) in [5, 5.41) is 21.5. The van der Waals surface area contributed by atoms with Gasteiger partial charge in [-0.2, -0.15) is 0 Å². The molecule has 0 heterocycles. The Morgan fingerprint density at radius 3 is 2.62 bits per heavy atom. The number of hydrogen-bond donors (Lipinski definition) is 1. The van der Waals surface area contributed by atoms with Crippen molar-refractivity contribution in [1.29, 1.82) is 0 Å². The highest BCUT2D eigenvalue weighted by Crippen LogP contribution is 2.21. The molecule has 0 aromatic heterocycles. The van der Waals surface area contributed by atoms with Crippen LogP contribution in [-0.4, -0.2) is 34.1 Å². The molecule has 2 rings (SSSR count). The first-order chi connectivity index (χ1) is 12.5. The molecule has 138 valence electrons. The minimum Gasteiger partial charge on any atom is -0.387 e. The molecular formula is C21H26N2O3. The Morgan fingerprint density at radius 1 is 1.23 bits per heavy atom. The highest BCUT2D eigenvalue weighted by molar-refractivity contribution is 5.35. The molecule has 0 saturated heterocycles. The molecule has 0 spiro atoms. The van der Waals surface area contributed by atoms with E-state index in [1.807, 2.05) is 24.3 Å². The molecule has 0 unspecified atom stereocenters. The summed E-state index contributed by atoms with van der Waals surface area (Å²) in [6.07, 6.45) is 2.95. The fourth-order valence-electron chi connectivity index (χ4n) is 2.98. The number of rotatable bonds is 10. The zero-order valence-electron chi connectivity index (χ0n) is 15.1. The van der Waals surface area contributed by atoms with Crippen LogP contribution >= 0.6 is 0 Å². The van der Waals surface area contributed by atoms with E-state index >= 15 is 0 Å². The van der Waals surface area contributed by atoms with Gasteiger partial charge in [-0.25, -0.2) is 0 Å². The topological polar surface area (TPSA) is 66.6 Å². The molecule has 5 heteroatoms. The highest BCUT2D eigenvalue weighted by atomic mass is 16.6. The van der Waals surface area contributed by atoms with Crippen LogP contribution in [0.3, 0.4) is 0 Å². The largest absolute Gasteiger partial charge is 0.387 e. The Hall–Kier alpha value is -2.50. The molecule has 5 nitrogen and oxygen atoms in total. The van der Waals surface area contributed by atoms with Gasteiger partial charge in [0.2, 0.25) is 0 Å². The number of non-ortho nitro benzene ring substituents is 1. The number of nitrogens with zero attached hydrogens (tertiary/aromatic N) is 2. The lowest BCUT2D eigenvalue weighted by Crippen LogP contribution is -2.37. The predicted octanol–water partition coefficient (Wildman–Crippen LogP) is 4.14. The first-order valence-electron chi connectivity index (χ1n) is 8.82. The molecule has 1 N–H and O–H groups in total. The third-order valence-corrected chi connectivity index (χ3v) is 4.55. The molecule has 2 aromatic carbocycles. The fourth-order valence-corrected chi connectivity index (χ4v) is 2.98. The van der Waals surface area contributed by atoms with Crippen LogP contribution in [0.5, 0.6) is 0 Å². The predicted molar refractivity (Wildman–Crippen MR) is 104 cm³/mol. The number of aryl methyl sites for hydroxylation is 1. The van der Waals surface area contributed by atoms with Gasteiger partial charge in [-0.05, 0) is 30.9 Å². The van der Waals surface area contributed by atoms with Crippen LogP contribution in [0.15, 0.2) is 67.3 Å². The molecule has 26 heavy (non-hydrogen) atoms. The third kappa shape index (κ3) is 5.79. The lowest BCUT2D eigenvalue weighted by molar-refractivity contribution is -0.385. The smallest absolute Gasteiger partial charge is 0.269 e. The average molecular weight is 354 g/mol. The van der Waals surface area contributed by atoms with Crippen LogP contribution in [0.4, 0.5) is 5.69 Å². The molecule has 0 saturated carbocycles. The third-order valence-electron chi connectivity index (χ3n) is 4.55. The van der Waals surface area contributed by atoms with E-state index in [4.69, 9.17) is 0 Å². The molecular weight excluding hydrogens is 328 g/mol. The number of aliphatic hydroxyl groups excluding tert-OH is 1. The van der Waals surface area contributed by atoms with Crippen molar-refractivity contribution in [3.05, 3.63) is 88.5 Å². The van der Waals surface area contributed by atoms with Crippen molar-refractivity contribution in [3.8, 4) is 0 Å². The van der Waals surface area contributed by atoms with E-state index in [9.17, 15) is 15.2 Å². The van der Waals surface area contributed by atoms with Gasteiger partial charge in [-0.15, -0.1) is 6.58 Å². The molecule has 0 fully saturated rings. The lowest BCUT2D eigenvalue weighted by atomic mass is 10.0. The minimum absolute atomic E-state index is 0.00560. The molecule has 2 atom stereocenters. The second-order valence-corrected chi connectivity index (χ2v) is 6.48. The Morgan fingerprint density at radius 2 is 1.96 bits per heavy atom. The van der Waals surface area contributed by atoms with Gasteiger partial charge in [0.15, 0.2) is 0 Å². The van der Waals surface area contributed by atoms with Crippen molar-refractivity contribution >= 4 is 5.69 Å². The first kappa shape index (κ1) is 19.8. The summed E-state index contributed by atoms with van der Waals surface area (Å²) >= 11 is 0. The number of nitro benzene ring substituents is 1. The SMILES string of the molecule is C=CCN(C[C@H](O)c1cccc([N+](=O)[O-])c1)[C@H](C)CCc1ccccc1. The normalized spacial score (nSPS) is 13.3. The Bertz CT molecular complexity index is 718. The quantitative estimate of drug-likeness (QED) is 0.396. The van der Waals surface area contributed by atoms with Crippen molar-refractivity contribution in [1.82, 2.24) is 4.90 Å². The van der Waals surface area contributed by atoms with E-state index in [1.54, 1.807) is 12.1 Å². The van der Waals surface area contributed by atoms with Gasteiger partial charge in [0.25, 0.3) is 5.69 Å². The van der Waals surface area contributed by atoms with Crippen molar-refractivity contribution in [3.63, 3.8) is 0 Å². The van der Waals surface area contributed by atoms with Crippen LogP contribution in [0, 0.1) is 10.1 Å². The van der Waals surface area contributed by atoms with Gasteiger partial charge >= 0.3 is 0 Å². The van der Waals surface area contributed by atoms with Crippen molar-refractivity contribution in [2.45, 2.75) is 31.9 Å². The standard InChI is InChI=1S/C21H26N2O3/c1-3-14-22(17(2)12-13-18-8-5-4-6-9-18)16-21(24)19-10-7-11-20(15-19)23(25)26/h3-11,15,17,21,24H,1,12-14,16H2,2H3/t17-,21+/m1/s1. The van der Waals surface area contributed by atoms with Gasteiger partial charge in [0, 0.05) is 31.3 Å². The fraction of sp³-hybridized carbons (Fsp3) is 0.333. The van der Waals surface area contributed by atoms with E-state index in [-0.39, 0.29) is 11.7 Å². The number of hydrogen-bond acceptors (Lipinski definition) is 4. The summed E-state index contributed by atoms with van der Waals surface area (Å²) < 4.78 is 0. The van der Waals surface area contributed by atoms with Crippen LogP contribution < -0.4 is 0 Å². The van der Waals surface area contributed by atoms with Gasteiger partial charge in [0.05, 0.1) is 11.0 Å². The summed E-state index contributed by atoms with van der Waals surface area (Å²) in [4.78, 5) is 12.6. The average Bonchev–Trinajstić information content (AvgIpc) is 2.66. The second kappa shape index (κ2) is 9.85. The zero-order valence-corrected chi connectivity index (χ0v) is 15.1. The summed E-state index contributed by atoms with van der Waals surface area (Å²) in [7, 11) is 0. The van der Waals surface area contributed by atoms with Crippen LogP contribution in [0.2, 0.25) is 0 Å². The molecule has 2 aromatic rings. The van der Waals surface area contributed by atoms with Crippen molar-refractivity contribution in [2.24, 2.45) is 0 Å². The summed E-state index contributed by atoms with van der Waals surface area (Å²) in [6, 6.07) is 16.7. The lowest BCUT2D eigenvalue weighted by Gasteiger charge is -2.30. The Kier molecular flexibility index (Phi) is 7.51. The van der Waals surface area contributed by atoms with Crippen molar-refractivity contribution < 1.29 is 10.0 Å². The number of aliphatic hydroxyl groups is 1. The maximum absolute atomic E-state index is 10.9. The molecule has 0 aliphatic rings. The van der Waals surface area contributed by atoms with Crippen LogP contribution in [0.25, 0.3) is 0 Å².